The van der Waals surface area contributed by atoms with Crippen LogP contribution in [0.3, 0.4) is 0 Å². The zero-order valence-electron chi connectivity index (χ0n) is 17.0. The van der Waals surface area contributed by atoms with Crippen molar-refractivity contribution in [2.45, 2.75) is 33.4 Å². The van der Waals surface area contributed by atoms with Gasteiger partial charge in [-0.05, 0) is 44.5 Å². The lowest BCUT2D eigenvalue weighted by Crippen LogP contribution is -2.32. The lowest BCUT2D eigenvalue weighted by Gasteiger charge is -2.27. The maximum absolute atomic E-state index is 12.8. The van der Waals surface area contributed by atoms with E-state index < -0.39 is 0 Å². The number of ether oxygens (including phenoxy) is 1. The van der Waals surface area contributed by atoms with Crippen LogP contribution in [0.5, 0.6) is 5.75 Å². The zero-order valence-corrected chi connectivity index (χ0v) is 17.0. The van der Waals surface area contributed by atoms with Crippen molar-refractivity contribution in [3.63, 3.8) is 0 Å². The van der Waals surface area contributed by atoms with Crippen LogP contribution in [-0.4, -0.2) is 28.5 Å². The first-order valence-electron chi connectivity index (χ1n) is 9.75. The van der Waals surface area contributed by atoms with Crippen molar-refractivity contribution < 1.29 is 9.53 Å². The van der Waals surface area contributed by atoms with Gasteiger partial charge in [0.2, 0.25) is 5.95 Å². The number of anilines is 2. The maximum Gasteiger partial charge on any atom is 0.274 e. The first-order valence-corrected chi connectivity index (χ1v) is 9.75. The van der Waals surface area contributed by atoms with Gasteiger partial charge in [-0.1, -0.05) is 42.5 Å². The summed E-state index contributed by atoms with van der Waals surface area (Å²) in [6, 6.07) is 19.3. The van der Waals surface area contributed by atoms with Crippen molar-refractivity contribution in [1.29, 1.82) is 0 Å². The Morgan fingerprint density at radius 1 is 1.07 bits per heavy atom. The molecule has 0 bridgehead atoms. The predicted molar refractivity (Wildman–Crippen MR) is 115 cm³/mol. The topological polar surface area (TPSA) is 67.3 Å². The fourth-order valence-electron chi connectivity index (χ4n) is 2.92. The summed E-state index contributed by atoms with van der Waals surface area (Å²) in [7, 11) is 0. The zero-order chi connectivity index (χ0) is 20.6. The predicted octanol–water partition coefficient (Wildman–Crippen LogP) is 4.54. The van der Waals surface area contributed by atoms with Gasteiger partial charge in [0.25, 0.3) is 5.91 Å². The van der Waals surface area contributed by atoms with E-state index in [9.17, 15) is 4.79 Å². The second kappa shape index (κ2) is 9.68. The van der Waals surface area contributed by atoms with Crippen LogP contribution in [0.15, 0.2) is 66.9 Å². The van der Waals surface area contributed by atoms with E-state index in [4.69, 9.17) is 4.74 Å². The smallest absolute Gasteiger partial charge is 0.274 e. The molecule has 0 unspecified atom stereocenters. The molecule has 2 aromatic carbocycles. The Kier molecular flexibility index (Phi) is 6.79. The van der Waals surface area contributed by atoms with E-state index in [1.165, 1.54) is 0 Å². The van der Waals surface area contributed by atoms with Crippen LogP contribution in [0.4, 0.5) is 11.6 Å². The minimum atomic E-state index is -0.302. The van der Waals surface area contributed by atoms with Crippen molar-refractivity contribution in [2.24, 2.45) is 0 Å². The third-order valence-electron chi connectivity index (χ3n) is 4.39. The number of benzene rings is 2. The number of nitrogens with one attached hydrogen (secondary N) is 1. The molecular weight excluding hydrogens is 364 g/mol. The summed E-state index contributed by atoms with van der Waals surface area (Å²) in [6.07, 6.45) is 1.62. The molecule has 3 rings (SSSR count). The normalized spacial score (nSPS) is 10.6. The van der Waals surface area contributed by atoms with Crippen molar-refractivity contribution >= 4 is 17.5 Å². The molecule has 1 heterocycles. The lowest BCUT2D eigenvalue weighted by molar-refractivity contribution is 0.102. The van der Waals surface area contributed by atoms with E-state index >= 15 is 0 Å². The summed E-state index contributed by atoms with van der Waals surface area (Å²) in [4.78, 5) is 23.8. The Hall–Kier alpha value is -3.41. The monoisotopic (exact) mass is 390 g/mol. The van der Waals surface area contributed by atoms with Gasteiger partial charge in [-0.25, -0.2) is 9.97 Å². The van der Waals surface area contributed by atoms with Crippen LogP contribution >= 0.6 is 0 Å². The molecule has 0 spiro atoms. The van der Waals surface area contributed by atoms with E-state index in [0.29, 0.717) is 36.2 Å². The highest BCUT2D eigenvalue weighted by Crippen LogP contribution is 2.24. The molecule has 0 saturated carbocycles. The Labute approximate surface area is 171 Å². The van der Waals surface area contributed by atoms with Crippen LogP contribution in [0, 0.1) is 0 Å². The average Bonchev–Trinajstić information content (AvgIpc) is 2.74. The van der Waals surface area contributed by atoms with Gasteiger partial charge in [-0.2, -0.15) is 0 Å². The number of rotatable bonds is 8. The molecule has 0 aliphatic heterocycles. The molecule has 1 amide bonds. The minimum Gasteiger partial charge on any atom is -0.492 e. The van der Waals surface area contributed by atoms with Gasteiger partial charge in [0.05, 0.1) is 12.3 Å². The number of amides is 1. The first-order chi connectivity index (χ1) is 14.1. The summed E-state index contributed by atoms with van der Waals surface area (Å²) in [5, 5.41) is 2.88. The highest BCUT2D eigenvalue weighted by molar-refractivity contribution is 6.03. The van der Waals surface area contributed by atoms with Crippen molar-refractivity contribution in [3.05, 3.63) is 78.1 Å². The molecule has 6 nitrogen and oxygen atoms in total. The first kappa shape index (κ1) is 20.3. The highest BCUT2D eigenvalue weighted by Gasteiger charge is 2.17. The van der Waals surface area contributed by atoms with Gasteiger partial charge in [0.1, 0.15) is 11.4 Å². The number of aromatic nitrogens is 2. The molecule has 0 aliphatic rings. The van der Waals surface area contributed by atoms with Gasteiger partial charge in [0.15, 0.2) is 0 Å². The van der Waals surface area contributed by atoms with E-state index in [1.54, 1.807) is 18.3 Å². The molecule has 1 N–H and O–H groups in total. The largest absolute Gasteiger partial charge is 0.492 e. The fraction of sp³-hybridized carbons (Fsp3) is 0.261. The standard InChI is InChI=1S/C23H26N4O2/c1-4-29-21-13-9-8-12-19(21)25-22(28)20-14-15-24-23(26-20)27(17(2)3)16-18-10-6-5-7-11-18/h5-15,17H,4,16H2,1-3H3,(H,25,28). The van der Waals surface area contributed by atoms with E-state index in [1.807, 2.05) is 43.3 Å². The van der Waals surface area contributed by atoms with Crippen LogP contribution in [-0.2, 0) is 6.54 Å². The lowest BCUT2D eigenvalue weighted by atomic mass is 10.2. The molecule has 0 aliphatic carbocycles. The number of para-hydroxylation sites is 2. The molecule has 0 saturated heterocycles. The van der Waals surface area contributed by atoms with Gasteiger partial charge in [0, 0.05) is 18.8 Å². The third kappa shape index (κ3) is 5.31. The van der Waals surface area contributed by atoms with E-state index in [2.05, 4.69) is 46.2 Å². The SMILES string of the molecule is CCOc1ccccc1NC(=O)c1ccnc(N(Cc2ccccc2)C(C)C)n1. The van der Waals surface area contributed by atoms with Crippen molar-refractivity contribution in [2.75, 3.05) is 16.8 Å². The van der Waals surface area contributed by atoms with Crippen molar-refractivity contribution in [1.82, 2.24) is 9.97 Å². The molecule has 29 heavy (non-hydrogen) atoms. The quantitative estimate of drug-likeness (QED) is 0.611. The molecule has 0 atom stereocenters. The number of hydrogen-bond donors (Lipinski definition) is 1. The number of carbonyl (C=O) groups excluding carboxylic acids is 1. The van der Waals surface area contributed by atoms with E-state index in [0.717, 1.165) is 5.56 Å². The van der Waals surface area contributed by atoms with Crippen LogP contribution < -0.4 is 15.0 Å². The average molecular weight is 390 g/mol. The summed E-state index contributed by atoms with van der Waals surface area (Å²) in [5.74, 6) is 0.851. The fourth-order valence-corrected chi connectivity index (χ4v) is 2.92. The van der Waals surface area contributed by atoms with Gasteiger partial charge >= 0.3 is 0 Å². The van der Waals surface area contributed by atoms with Gasteiger partial charge in [-0.3, -0.25) is 4.79 Å². The second-order valence-corrected chi connectivity index (χ2v) is 6.83. The number of nitrogens with zero attached hydrogens (tertiary/aromatic N) is 3. The Morgan fingerprint density at radius 3 is 2.52 bits per heavy atom. The number of hydrogen-bond acceptors (Lipinski definition) is 5. The minimum absolute atomic E-state index is 0.173. The Bertz CT molecular complexity index is 944. The third-order valence-corrected chi connectivity index (χ3v) is 4.39. The summed E-state index contributed by atoms with van der Waals surface area (Å²) < 4.78 is 5.58. The number of carbonyl (C=O) groups is 1. The molecular formula is C23H26N4O2. The Morgan fingerprint density at radius 2 is 1.79 bits per heavy atom. The van der Waals surface area contributed by atoms with Crippen molar-refractivity contribution in [3.8, 4) is 5.75 Å². The molecule has 6 heteroatoms. The highest BCUT2D eigenvalue weighted by atomic mass is 16.5. The molecule has 150 valence electrons. The summed E-state index contributed by atoms with van der Waals surface area (Å²) >= 11 is 0. The van der Waals surface area contributed by atoms with Crippen LogP contribution in [0.25, 0.3) is 0 Å². The van der Waals surface area contributed by atoms with Crippen LogP contribution in [0.1, 0.15) is 36.8 Å². The molecule has 1 aromatic heterocycles. The van der Waals surface area contributed by atoms with E-state index in [-0.39, 0.29) is 11.9 Å². The summed E-state index contributed by atoms with van der Waals surface area (Å²) in [5.41, 5.74) is 2.08. The van der Waals surface area contributed by atoms with Gasteiger partial charge in [-0.15, -0.1) is 0 Å². The Balaban J connectivity index is 1.81. The molecule has 0 radical (unpaired) electrons. The second-order valence-electron chi connectivity index (χ2n) is 6.83. The molecule has 0 fully saturated rings. The van der Waals surface area contributed by atoms with Crippen LogP contribution in [0.2, 0.25) is 0 Å². The molecule has 3 aromatic rings. The summed E-state index contributed by atoms with van der Waals surface area (Å²) in [6.45, 7) is 7.25. The van der Waals surface area contributed by atoms with Gasteiger partial charge < -0.3 is 15.0 Å². The maximum atomic E-state index is 12.8.